The molecule has 2 N–H and O–H groups in total. The van der Waals surface area contributed by atoms with Crippen molar-refractivity contribution in [2.24, 2.45) is 4.99 Å². The zero-order chi connectivity index (χ0) is 21.2. The first kappa shape index (κ1) is 24.8. The Labute approximate surface area is 203 Å². The first-order valence-electron chi connectivity index (χ1n) is 9.63. The molecular formula is C22H24ClFIN5O. The van der Waals surface area contributed by atoms with Crippen molar-refractivity contribution in [3.63, 3.8) is 0 Å². The van der Waals surface area contributed by atoms with E-state index in [4.69, 9.17) is 16.3 Å². The van der Waals surface area contributed by atoms with Crippen LogP contribution >= 0.6 is 35.6 Å². The Kier molecular flexibility index (Phi) is 10.5. The molecule has 0 atom stereocenters. The highest BCUT2D eigenvalue weighted by molar-refractivity contribution is 14.0. The van der Waals surface area contributed by atoms with E-state index >= 15 is 0 Å². The molecule has 0 aliphatic heterocycles. The van der Waals surface area contributed by atoms with E-state index in [2.05, 4.69) is 25.6 Å². The summed E-state index contributed by atoms with van der Waals surface area (Å²) < 4.78 is 18.8. The van der Waals surface area contributed by atoms with Gasteiger partial charge < -0.3 is 15.4 Å². The summed E-state index contributed by atoms with van der Waals surface area (Å²) in [5.74, 6) is 1.17. The summed E-state index contributed by atoms with van der Waals surface area (Å²) in [4.78, 5) is 12.9. The van der Waals surface area contributed by atoms with Crippen LogP contribution in [0.15, 0.2) is 65.9 Å². The largest absolute Gasteiger partial charge is 0.439 e. The predicted molar refractivity (Wildman–Crippen MR) is 132 cm³/mol. The lowest BCUT2D eigenvalue weighted by atomic mass is 10.2. The molecule has 6 nitrogen and oxygen atoms in total. The molecule has 3 aromatic rings. The van der Waals surface area contributed by atoms with Crippen molar-refractivity contribution in [1.82, 2.24) is 20.6 Å². The second kappa shape index (κ2) is 13.1. The lowest BCUT2D eigenvalue weighted by molar-refractivity contribution is 0.457. The van der Waals surface area contributed by atoms with E-state index in [0.29, 0.717) is 29.9 Å². The smallest absolute Gasteiger partial charge is 0.219 e. The zero-order valence-corrected chi connectivity index (χ0v) is 20.1. The number of nitrogens with zero attached hydrogens (tertiary/aromatic N) is 3. The van der Waals surface area contributed by atoms with Gasteiger partial charge in [-0.2, -0.15) is 0 Å². The Morgan fingerprint density at radius 2 is 1.87 bits per heavy atom. The van der Waals surface area contributed by atoms with E-state index in [-0.39, 0.29) is 29.8 Å². The van der Waals surface area contributed by atoms with Gasteiger partial charge in [-0.15, -0.1) is 24.0 Å². The standard InChI is InChI=1S/C22H23ClFN5O.HI/c1-2-25-22(26-11-10-16-6-8-20(23)27-13-16)29-15-17-7-9-21(28-14-17)30-19-5-3-4-18(24)12-19;/h3-9,12-14H,2,10-11,15H2,1H3,(H2,25,26,29);1H. The molecule has 0 saturated heterocycles. The van der Waals surface area contributed by atoms with Crippen LogP contribution in [0.25, 0.3) is 0 Å². The molecular weight excluding hydrogens is 532 g/mol. The maximum absolute atomic E-state index is 13.2. The molecule has 3 rings (SSSR count). The van der Waals surface area contributed by atoms with Gasteiger partial charge in [0.05, 0.1) is 6.54 Å². The SMILES string of the molecule is CCNC(=NCc1ccc(Oc2cccc(F)c2)nc1)NCCc1ccc(Cl)nc1.I. The van der Waals surface area contributed by atoms with Gasteiger partial charge in [-0.25, -0.2) is 19.4 Å². The molecule has 0 aliphatic rings. The summed E-state index contributed by atoms with van der Waals surface area (Å²) in [6.07, 6.45) is 4.27. The normalized spacial score (nSPS) is 10.9. The van der Waals surface area contributed by atoms with Gasteiger partial charge in [-0.1, -0.05) is 29.8 Å². The third-order valence-electron chi connectivity index (χ3n) is 4.07. The topological polar surface area (TPSA) is 71.4 Å². The molecule has 0 bridgehead atoms. The third-order valence-corrected chi connectivity index (χ3v) is 4.30. The number of halogens is 3. The first-order valence-corrected chi connectivity index (χ1v) is 10.0. The van der Waals surface area contributed by atoms with Gasteiger partial charge in [0.15, 0.2) is 5.96 Å². The minimum Gasteiger partial charge on any atom is -0.439 e. The van der Waals surface area contributed by atoms with Gasteiger partial charge in [0.1, 0.15) is 16.7 Å². The molecule has 2 aromatic heterocycles. The second-order valence-electron chi connectivity index (χ2n) is 6.43. The van der Waals surface area contributed by atoms with Gasteiger partial charge in [-0.05, 0) is 42.7 Å². The molecule has 9 heteroatoms. The maximum Gasteiger partial charge on any atom is 0.219 e. The number of benzene rings is 1. The number of nitrogens with one attached hydrogen (secondary N) is 2. The lowest BCUT2D eigenvalue weighted by Gasteiger charge is -2.11. The van der Waals surface area contributed by atoms with Crippen LogP contribution in [0.2, 0.25) is 5.15 Å². The first-order chi connectivity index (χ1) is 14.6. The summed E-state index contributed by atoms with van der Waals surface area (Å²) in [5, 5.41) is 7.01. The van der Waals surface area contributed by atoms with Crippen LogP contribution in [0.5, 0.6) is 11.6 Å². The fourth-order valence-corrected chi connectivity index (χ4v) is 2.72. The zero-order valence-electron chi connectivity index (χ0n) is 17.0. The molecule has 0 unspecified atom stereocenters. The van der Waals surface area contributed by atoms with E-state index in [1.165, 1.54) is 12.1 Å². The predicted octanol–water partition coefficient (Wildman–Crippen LogP) is 4.98. The van der Waals surface area contributed by atoms with E-state index in [0.717, 1.165) is 30.1 Å². The highest BCUT2D eigenvalue weighted by Gasteiger charge is 2.02. The van der Waals surface area contributed by atoms with Crippen molar-refractivity contribution in [1.29, 1.82) is 0 Å². The number of aromatic nitrogens is 2. The highest BCUT2D eigenvalue weighted by Crippen LogP contribution is 2.20. The van der Waals surface area contributed by atoms with Gasteiger partial charge >= 0.3 is 0 Å². The van der Waals surface area contributed by atoms with Crippen molar-refractivity contribution in [2.45, 2.75) is 19.9 Å². The fraction of sp³-hybridized carbons (Fsp3) is 0.227. The van der Waals surface area contributed by atoms with Crippen molar-refractivity contribution >= 4 is 41.5 Å². The Hall–Kier alpha value is -2.46. The minimum atomic E-state index is -0.353. The maximum atomic E-state index is 13.2. The van der Waals surface area contributed by atoms with E-state index in [9.17, 15) is 4.39 Å². The van der Waals surface area contributed by atoms with E-state index in [1.807, 2.05) is 19.1 Å². The summed E-state index contributed by atoms with van der Waals surface area (Å²) in [6, 6.07) is 13.3. The van der Waals surface area contributed by atoms with Crippen molar-refractivity contribution in [2.75, 3.05) is 13.1 Å². The van der Waals surface area contributed by atoms with Crippen LogP contribution < -0.4 is 15.4 Å². The van der Waals surface area contributed by atoms with Crippen LogP contribution in [0.1, 0.15) is 18.1 Å². The summed E-state index contributed by atoms with van der Waals surface area (Å²) in [7, 11) is 0. The van der Waals surface area contributed by atoms with Crippen LogP contribution in [-0.2, 0) is 13.0 Å². The van der Waals surface area contributed by atoms with E-state index < -0.39 is 0 Å². The molecule has 0 aliphatic carbocycles. The van der Waals surface area contributed by atoms with Crippen molar-refractivity contribution in [3.05, 3.63) is 83.0 Å². The highest BCUT2D eigenvalue weighted by atomic mass is 127. The van der Waals surface area contributed by atoms with Gasteiger partial charge in [0.25, 0.3) is 0 Å². The number of hydrogen-bond donors (Lipinski definition) is 2. The molecule has 164 valence electrons. The molecule has 0 fully saturated rings. The Morgan fingerprint density at radius 1 is 1.06 bits per heavy atom. The number of guanidine groups is 1. The van der Waals surface area contributed by atoms with Crippen LogP contribution in [0.4, 0.5) is 4.39 Å². The molecule has 2 heterocycles. The number of aliphatic imine (C=N–C) groups is 1. The number of pyridine rings is 2. The Balaban J connectivity index is 0.00000341. The van der Waals surface area contributed by atoms with Gasteiger partial charge in [0.2, 0.25) is 5.88 Å². The molecule has 0 radical (unpaired) electrons. The summed E-state index contributed by atoms with van der Waals surface area (Å²) >= 11 is 5.81. The quantitative estimate of drug-likeness (QED) is 0.178. The second-order valence-corrected chi connectivity index (χ2v) is 6.81. The van der Waals surface area contributed by atoms with Gasteiger partial charge in [0, 0.05) is 37.6 Å². The lowest BCUT2D eigenvalue weighted by Crippen LogP contribution is -2.38. The van der Waals surface area contributed by atoms with Crippen LogP contribution in [-0.4, -0.2) is 29.0 Å². The average molecular weight is 556 g/mol. The summed E-state index contributed by atoms with van der Waals surface area (Å²) in [5.41, 5.74) is 2.03. The average Bonchev–Trinajstić information content (AvgIpc) is 2.74. The molecule has 0 spiro atoms. The van der Waals surface area contributed by atoms with Crippen LogP contribution in [0.3, 0.4) is 0 Å². The minimum absolute atomic E-state index is 0. The number of ether oxygens (including phenoxy) is 1. The third kappa shape index (κ3) is 8.66. The Bertz CT molecular complexity index is 970. The molecule has 1 aromatic carbocycles. The number of hydrogen-bond acceptors (Lipinski definition) is 4. The van der Waals surface area contributed by atoms with Gasteiger partial charge in [-0.3, -0.25) is 0 Å². The molecule has 0 saturated carbocycles. The Morgan fingerprint density at radius 3 is 2.55 bits per heavy atom. The monoisotopic (exact) mass is 555 g/mol. The summed E-state index contributed by atoms with van der Waals surface area (Å²) in [6.45, 7) is 3.95. The van der Waals surface area contributed by atoms with Crippen LogP contribution in [0, 0.1) is 5.82 Å². The number of rotatable bonds is 8. The van der Waals surface area contributed by atoms with Crippen molar-refractivity contribution in [3.8, 4) is 11.6 Å². The molecule has 0 amide bonds. The van der Waals surface area contributed by atoms with Crippen molar-refractivity contribution < 1.29 is 9.13 Å². The molecule has 31 heavy (non-hydrogen) atoms. The fourth-order valence-electron chi connectivity index (χ4n) is 2.61. The van der Waals surface area contributed by atoms with E-state index in [1.54, 1.807) is 36.7 Å².